The van der Waals surface area contributed by atoms with Crippen molar-refractivity contribution in [2.45, 2.75) is 51.7 Å². The predicted octanol–water partition coefficient (Wildman–Crippen LogP) is 3.26. The normalized spacial score (nSPS) is 19.3. The number of nitrogen functional groups attached to an aromatic ring is 1. The number of halogens is 1. The van der Waals surface area contributed by atoms with Crippen molar-refractivity contribution in [2.24, 2.45) is 0 Å². The Hall–Kier alpha value is -1.75. The zero-order chi connectivity index (χ0) is 17.0. The van der Waals surface area contributed by atoms with Crippen LogP contribution in [0.5, 0.6) is 0 Å². The van der Waals surface area contributed by atoms with Crippen LogP contribution in [-0.2, 0) is 9.53 Å². The monoisotopic (exact) mass is 338 g/mol. The third-order valence-electron chi connectivity index (χ3n) is 4.24. The van der Waals surface area contributed by atoms with Crippen molar-refractivity contribution in [1.82, 2.24) is 4.90 Å². The second-order valence-corrected chi connectivity index (χ2v) is 6.28. The third-order valence-corrected chi connectivity index (χ3v) is 4.59. The number of esters is 1. The first-order chi connectivity index (χ1) is 10.9. The number of benzene rings is 1. The van der Waals surface area contributed by atoms with E-state index in [1.807, 2.05) is 4.90 Å². The zero-order valence-corrected chi connectivity index (χ0v) is 14.3. The zero-order valence-electron chi connectivity index (χ0n) is 13.5. The Kier molecular flexibility index (Phi) is 5.88. The average Bonchev–Trinajstić information content (AvgIpc) is 2.56. The lowest BCUT2D eigenvalue weighted by Crippen LogP contribution is -2.48. The first-order valence-corrected chi connectivity index (χ1v) is 8.38. The van der Waals surface area contributed by atoms with Crippen molar-refractivity contribution >= 4 is 29.2 Å². The minimum Gasteiger partial charge on any atom is -0.449 e. The van der Waals surface area contributed by atoms with Gasteiger partial charge in [-0.15, -0.1) is 0 Å². The Labute approximate surface area is 141 Å². The molecule has 0 aliphatic carbocycles. The fourth-order valence-corrected chi connectivity index (χ4v) is 3.02. The van der Waals surface area contributed by atoms with Crippen LogP contribution in [0.15, 0.2) is 18.2 Å². The van der Waals surface area contributed by atoms with Crippen LogP contribution in [0.25, 0.3) is 0 Å². The van der Waals surface area contributed by atoms with E-state index in [-0.39, 0.29) is 17.5 Å². The molecule has 1 aliphatic rings. The van der Waals surface area contributed by atoms with Crippen LogP contribution in [0.1, 0.15) is 49.9 Å². The van der Waals surface area contributed by atoms with Crippen LogP contribution in [0.4, 0.5) is 5.69 Å². The SMILES string of the molecule is CC[C@@H]1CCCCN1C(=O)[C@H](C)OC(=O)c1ccc(Cl)c(N)c1. The summed E-state index contributed by atoms with van der Waals surface area (Å²) in [5.74, 6) is -0.703. The second-order valence-electron chi connectivity index (χ2n) is 5.87. The summed E-state index contributed by atoms with van der Waals surface area (Å²) in [6.45, 7) is 4.41. The summed E-state index contributed by atoms with van der Waals surface area (Å²) in [5, 5.41) is 0.379. The van der Waals surface area contributed by atoms with Crippen LogP contribution in [0.2, 0.25) is 5.02 Å². The average molecular weight is 339 g/mol. The van der Waals surface area contributed by atoms with Gasteiger partial charge in [-0.3, -0.25) is 4.79 Å². The highest BCUT2D eigenvalue weighted by Gasteiger charge is 2.30. The summed E-state index contributed by atoms with van der Waals surface area (Å²) in [4.78, 5) is 26.6. The van der Waals surface area contributed by atoms with Gasteiger partial charge in [-0.25, -0.2) is 4.79 Å². The topological polar surface area (TPSA) is 72.6 Å². The molecule has 1 heterocycles. The molecule has 2 rings (SSSR count). The molecule has 1 aromatic rings. The highest BCUT2D eigenvalue weighted by atomic mass is 35.5. The highest BCUT2D eigenvalue weighted by Crippen LogP contribution is 2.22. The number of piperidine rings is 1. The number of carbonyl (C=O) groups excluding carboxylic acids is 2. The van der Waals surface area contributed by atoms with Crippen LogP contribution < -0.4 is 5.73 Å². The Morgan fingerprint density at radius 2 is 2.17 bits per heavy atom. The van der Waals surface area contributed by atoms with Crippen molar-refractivity contribution in [3.05, 3.63) is 28.8 Å². The van der Waals surface area contributed by atoms with Gasteiger partial charge < -0.3 is 15.4 Å². The molecule has 1 fully saturated rings. The van der Waals surface area contributed by atoms with E-state index in [1.54, 1.807) is 6.92 Å². The van der Waals surface area contributed by atoms with Crippen molar-refractivity contribution in [1.29, 1.82) is 0 Å². The number of ether oxygens (including phenoxy) is 1. The van der Waals surface area contributed by atoms with Crippen molar-refractivity contribution in [3.8, 4) is 0 Å². The molecule has 23 heavy (non-hydrogen) atoms. The van der Waals surface area contributed by atoms with E-state index in [9.17, 15) is 9.59 Å². The maximum Gasteiger partial charge on any atom is 0.338 e. The van der Waals surface area contributed by atoms with Crippen LogP contribution in [-0.4, -0.2) is 35.5 Å². The summed E-state index contributed by atoms with van der Waals surface area (Å²) in [7, 11) is 0. The smallest absolute Gasteiger partial charge is 0.338 e. The molecular weight excluding hydrogens is 316 g/mol. The first-order valence-electron chi connectivity index (χ1n) is 8.00. The third kappa shape index (κ3) is 4.16. The summed E-state index contributed by atoms with van der Waals surface area (Å²) in [6, 6.07) is 4.77. The van der Waals surface area contributed by atoms with E-state index in [2.05, 4.69) is 6.92 Å². The molecule has 5 nitrogen and oxygen atoms in total. The molecule has 6 heteroatoms. The van der Waals surface area contributed by atoms with Gasteiger partial charge in [0.05, 0.1) is 16.3 Å². The molecule has 0 aromatic heterocycles. The highest BCUT2D eigenvalue weighted by molar-refractivity contribution is 6.33. The van der Waals surface area contributed by atoms with E-state index in [0.29, 0.717) is 10.7 Å². The van der Waals surface area contributed by atoms with Gasteiger partial charge in [-0.1, -0.05) is 18.5 Å². The lowest BCUT2D eigenvalue weighted by molar-refractivity contribution is -0.143. The number of anilines is 1. The standard InChI is InChI=1S/C17H23ClN2O3/c1-3-13-6-4-5-9-20(13)16(21)11(2)23-17(22)12-7-8-14(18)15(19)10-12/h7-8,10-11,13H,3-6,9,19H2,1-2H3/t11-,13+/m0/s1. The number of hydrogen-bond acceptors (Lipinski definition) is 4. The van der Waals surface area contributed by atoms with Crippen molar-refractivity contribution < 1.29 is 14.3 Å². The van der Waals surface area contributed by atoms with Gasteiger partial charge in [0, 0.05) is 12.6 Å². The van der Waals surface area contributed by atoms with E-state index in [1.165, 1.54) is 18.2 Å². The van der Waals surface area contributed by atoms with Crippen LogP contribution >= 0.6 is 11.6 Å². The van der Waals surface area contributed by atoms with E-state index in [0.717, 1.165) is 32.2 Å². The first kappa shape index (κ1) is 17.6. The van der Waals surface area contributed by atoms with Crippen molar-refractivity contribution in [2.75, 3.05) is 12.3 Å². The summed E-state index contributed by atoms with van der Waals surface area (Å²) < 4.78 is 5.31. The number of nitrogens with two attached hydrogens (primary N) is 1. The summed E-state index contributed by atoms with van der Waals surface area (Å²) in [5.41, 5.74) is 6.28. The Balaban J connectivity index is 2.02. The molecule has 2 N–H and O–H groups in total. The molecule has 1 aliphatic heterocycles. The largest absolute Gasteiger partial charge is 0.449 e. The molecule has 1 aromatic carbocycles. The Morgan fingerprint density at radius 3 is 2.83 bits per heavy atom. The van der Waals surface area contributed by atoms with Gasteiger partial charge in [0.2, 0.25) is 0 Å². The fraction of sp³-hybridized carbons (Fsp3) is 0.529. The predicted molar refractivity (Wildman–Crippen MR) is 90.4 cm³/mol. The molecule has 0 unspecified atom stereocenters. The van der Waals surface area contributed by atoms with E-state index in [4.69, 9.17) is 22.1 Å². The van der Waals surface area contributed by atoms with Crippen LogP contribution in [0.3, 0.4) is 0 Å². The number of amides is 1. The molecule has 0 spiro atoms. The Morgan fingerprint density at radius 1 is 1.43 bits per heavy atom. The second kappa shape index (κ2) is 7.68. The minimum atomic E-state index is -0.813. The van der Waals surface area contributed by atoms with Crippen molar-refractivity contribution in [3.63, 3.8) is 0 Å². The van der Waals surface area contributed by atoms with E-state index >= 15 is 0 Å². The van der Waals surface area contributed by atoms with Gasteiger partial charge in [0.25, 0.3) is 5.91 Å². The molecule has 2 atom stereocenters. The van der Waals surface area contributed by atoms with E-state index < -0.39 is 12.1 Å². The molecule has 126 valence electrons. The molecule has 0 saturated carbocycles. The lowest BCUT2D eigenvalue weighted by Gasteiger charge is -2.36. The molecule has 1 saturated heterocycles. The van der Waals surface area contributed by atoms with Crippen LogP contribution in [0, 0.1) is 0 Å². The number of nitrogens with zero attached hydrogens (tertiary/aromatic N) is 1. The minimum absolute atomic E-state index is 0.133. The number of rotatable bonds is 4. The van der Waals surface area contributed by atoms with Gasteiger partial charge in [0.15, 0.2) is 6.10 Å². The molecule has 1 amide bonds. The summed E-state index contributed by atoms with van der Waals surface area (Å²) in [6.07, 6.45) is 3.25. The summed E-state index contributed by atoms with van der Waals surface area (Å²) >= 11 is 5.84. The number of hydrogen-bond donors (Lipinski definition) is 1. The molecular formula is C17H23ClN2O3. The van der Waals surface area contributed by atoms with Gasteiger partial charge >= 0.3 is 5.97 Å². The molecule has 0 bridgehead atoms. The van der Waals surface area contributed by atoms with Gasteiger partial charge in [-0.05, 0) is 50.8 Å². The molecule has 0 radical (unpaired) electrons. The Bertz CT molecular complexity index is 591. The lowest BCUT2D eigenvalue weighted by atomic mass is 9.99. The quantitative estimate of drug-likeness (QED) is 0.675. The fourth-order valence-electron chi connectivity index (χ4n) is 2.90. The maximum atomic E-state index is 12.6. The number of likely N-dealkylation sites (tertiary alicyclic amines) is 1. The maximum absolute atomic E-state index is 12.6. The van der Waals surface area contributed by atoms with Gasteiger partial charge in [0.1, 0.15) is 0 Å². The number of carbonyl (C=O) groups is 2. The van der Waals surface area contributed by atoms with Gasteiger partial charge in [-0.2, -0.15) is 0 Å².